The number of hydrogen-bond donors (Lipinski definition) is 2. The third-order valence-electron chi connectivity index (χ3n) is 1.75. The summed E-state index contributed by atoms with van der Waals surface area (Å²) in [7, 11) is 0. The molecule has 0 saturated heterocycles. The van der Waals surface area contributed by atoms with E-state index in [1.165, 1.54) is 0 Å². The van der Waals surface area contributed by atoms with Crippen LogP contribution in [0.3, 0.4) is 0 Å². The fourth-order valence-electron chi connectivity index (χ4n) is 0.858. The first-order valence-corrected chi connectivity index (χ1v) is 4.80. The molecule has 1 aromatic carbocycles. The van der Waals surface area contributed by atoms with Crippen LogP contribution in [0, 0.1) is 0 Å². The monoisotopic (exact) mass is 225 g/mol. The van der Waals surface area contributed by atoms with Crippen molar-refractivity contribution in [3.05, 3.63) is 34.9 Å². The summed E-state index contributed by atoms with van der Waals surface area (Å²) in [6.07, 6.45) is 0. The predicted molar refractivity (Wildman–Crippen MR) is 61.1 cm³/mol. The van der Waals surface area contributed by atoms with Gasteiger partial charge in [0.2, 0.25) is 0 Å². The lowest BCUT2D eigenvalue weighted by atomic mass is 10.2. The van der Waals surface area contributed by atoms with Crippen LogP contribution >= 0.6 is 11.6 Å². The number of nitrogens with zero attached hydrogens (tertiary/aromatic N) is 1. The third-order valence-corrected chi connectivity index (χ3v) is 2.00. The van der Waals surface area contributed by atoms with E-state index < -0.39 is 0 Å². The second-order valence-electron chi connectivity index (χ2n) is 3.00. The maximum Gasteiger partial charge on any atom is 0.271 e. The van der Waals surface area contributed by atoms with Gasteiger partial charge in [0.15, 0.2) is 0 Å². The summed E-state index contributed by atoms with van der Waals surface area (Å²) >= 11 is 5.69. The summed E-state index contributed by atoms with van der Waals surface area (Å²) in [5, 5.41) is 4.39. The highest BCUT2D eigenvalue weighted by atomic mass is 35.5. The van der Waals surface area contributed by atoms with Crippen molar-refractivity contribution in [3.63, 3.8) is 0 Å². The zero-order valence-electron chi connectivity index (χ0n) is 8.33. The highest BCUT2D eigenvalue weighted by molar-refractivity contribution is 6.30. The fraction of sp³-hybridized carbons (Fsp3) is 0.200. The van der Waals surface area contributed by atoms with Gasteiger partial charge in [0.1, 0.15) is 0 Å². The lowest BCUT2D eigenvalue weighted by molar-refractivity contribution is 0.0955. The van der Waals surface area contributed by atoms with Crippen LogP contribution < -0.4 is 11.2 Å². The van der Waals surface area contributed by atoms with E-state index in [0.717, 1.165) is 0 Å². The molecule has 0 heterocycles. The van der Waals surface area contributed by atoms with Gasteiger partial charge >= 0.3 is 0 Å². The molecule has 0 spiro atoms. The fourth-order valence-corrected chi connectivity index (χ4v) is 0.984. The highest BCUT2D eigenvalue weighted by Gasteiger charge is 2.03. The maximum absolute atomic E-state index is 11.5. The highest BCUT2D eigenvalue weighted by Crippen LogP contribution is 2.09. The number of carbonyl (C=O) groups is 1. The van der Waals surface area contributed by atoms with Gasteiger partial charge in [-0.3, -0.25) is 4.79 Å². The van der Waals surface area contributed by atoms with Crippen molar-refractivity contribution in [2.75, 3.05) is 6.54 Å². The molecule has 0 unspecified atom stereocenters. The quantitative estimate of drug-likeness (QED) is 0.603. The van der Waals surface area contributed by atoms with E-state index in [-0.39, 0.29) is 5.91 Å². The van der Waals surface area contributed by atoms with E-state index in [1.54, 1.807) is 31.2 Å². The number of nitrogens with one attached hydrogen (secondary N) is 1. The van der Waals surface area contributed by atoms with E-state index in [2.05, 4.69) is 10.5 Å². The Morgan fingerprint density at radius 3 is 2.60 bits per heavy atom. The topological polar surface area (TPSA) is 67.5 Å². The van der Waals surface area contributed by atoms with Crippen molar-refractivity contribution in [1.82, 2.24) is 5.43 Å². The lowest BCUT2D eigenvalue weighted by Crippen LogP contribution is -2.21. The zero-order chi connectivity index (χ0) is 11.3. The molecule has 0 radical (unpaired) electrons. The molecule has 0 fully saturated rings. The Labute approximate surface area is 93.1 Å². The van der Waals surface area contributed by atoms with Crippen LogP contribution in [0.25, 0.3) is 0 Å². The second-order valence-corrected chi connectivity index (χ2v) is 3.44. The third kappa shape index (κ3) is 3.69. The molecule has 80 valence electrons. The SMILES string of the molecule is CC(CN)=NNC(=O)c1ccc(Cl)cc1. The Balaban J connectivity index is 2.66. The van der Waals surface area contributed by atoms with E-state index in [9.17, 15) is 4.79 Å². The summed E-state index contributed by atoms with van der Waals surface area (Å²) < 4.78 is 0. The Morgan fingerprint density at radius 2 is 2.07 bits per heavy atom. The van der Waals surface area contributed by atoms with Gasteiger partial charge in [-0.25, -0.2) is 5.43 Å². The Hall–Kier alpha value is -1.39. The summed E-state index contributed by atoms with van der Waals surface area (Å²) in [5.41, 5.74) is 8.88. The normalized spacial score (nSPS) is 11.3. The molecular formula is C10H12ClN3O. The van der Waals surface area contributed by atoms with E-state index in [0.29, 0.717) is 22.8 Å². The molecule has 15 heavy (non-hydrogen) atoms. The first-order valence-electron chi connectivity index (χ1n) is 4.42. The molecule has 1 aromatic rings. The van der Waals surface area contributed by atoms with Gasteiger partial charge in [-0.05, 0) is 31.2 Å². The lowest BCUT2D eigenvalue weighted by Gasteiger charge is -2.00. The largest absolute Gasteiger partial charge is 0.325 e. The van der Waals surface area contributed by atoms with Gasteiger partial charge in [0, 0.05) is 22.8 Å². The number of nitrogens with two attached hydrogens (primary N) is 1. The summed E-state index contributed by atoms with van der Waals surface area (Å²) in [6, 6.07) is 6.56. The Morgan fingerprint density at radius 1 is 1.47 bits per heavy atom. The van der Waals surface area contributed by atoms with Crippen LogP contribution in [0.15, 0.2) is 29.4 Å². The first-order chi connectivity index (χ1) is 7.13. The van der Waals surface area contributed by atoms with Gasteiger partial charge in [0.05, 0.1) is 0 Å². The second kappa shape index (κ2) is 5.48. The molecular weight excluding hydrogens is 214 g/mol. The number of carbonyl (C=O) groups excluding carboxylic acids is 1. The first kappa shape index (κ1) is 11.7. The molecule has 0 aliphatic carbocycles. The summed E-state index contributed by atoms with van der Waals surface area (Å²) in [4.78, 5) is 11.5. The van der Waals surface area contributed by atoms with Gasteiger partial charge in [-0.15, -0.1) is 0 Å². The van der Waals surface area contributed by atoms with Gasteiger partial charge in [0.25, 0.3) is 5.91 Å². The number of rotatable bonds is 3. The van der Waals surface area contributed by atoms with Crippen molar-refractivity contribution in [2.45, 2.75) is 6.92 Å². The minimum Gasteiger partial charge on any atom is -0.325 e. The van der Waals surface area contributed by atoms with Gasteiger partial charge < -0.3 is 5.73 Å². The van der Waals surface area contributed by atoms with Crippen molar-refractivity contribution in [2.24, 2.45) is 10.8 Å². The van der Waals surface area contributed by atoms with Crippen LogP contribution in [-0.4, -0.2) is 18.2 Å². The van der Waals surface area contributed by atoms with Crippen molar-refractivity contribution >= 4 is 23.2 Å². The number of halogens is 1. The van der Waals surface area contributed by atoms with Gasteiger partial charge in [-0.2, -0.15) is 5.10 Å². The van der Waals surface area contributed by atoms with Crippen LogP contribution in [-0.2, 0) is 0 Å². The minimum absolute atomic E-state index is 0.278. The van der Waals surface area contributed by atoms with E-state index in [1.807, 2.05) is 0 Å². The molecule has 0 saturated carbocycles. The van der Waals surface area contributed by atoms with Crippen LogP contribution in [0.5, 0.6) is 0 Å². The molecule has 0 aliphatic heterocycles. The summed E-state index contributed by atoms with van der Waals surface area (Å²) in [6.45, 7) is 2.06. The predicted octanol–water partition coefficient (Wildman–Crippen LogP) is 1.40. The Kier molecular flexibility index (Phi) is 4.27. The molecule has 3 N–H and O–H groups in total. The average molecular weight is 226 g/mol. The zero-order valence-corrected chi connectivity index (χ0v) is 9.08. The smallest absolute Gasteiger partial charge is 0.271 e. The number of benzene rings is 1. The van der Waals surface area contributed by atoms with Crippen LogP contribution in [0.1, 0.15) is 17.3 Å². The summed E-state index contributed by atoms with van der Waals surface area (Å²) in [5.74, 6) is -0.278. The number of hydrazone groups is 1. The number of hydrogen-bond acceptors (Lipinski definition) is 3. The molecule has 0 atom stereocenters. The molecule has 1 rings (SSSR count). The van der Waals surface area contributed by atoms with Crippen molar-refractivity contribution in [3.8, 4) is 0 Å². The van der Waals surface area contributed by atoms with Crippen LogP contribution in [0.2, 0.25) is 5.02 Å². The minimum atomic E-state index is -0.278. The van der Waals surface area contributed by atoms with Gasteiger partial charge in [-0.1, -0.05) is 11.6 Å². The molecule has 0 aliphatic rings. The van der Waals surface area contributed by atoms with Crippen molar-refractivity contribution in [1.29, 1.82) is 0 Å². The molecule has 5 heteroatoms. The molecule has 1 amide bonds. The average Bonchev–Trinajstić information content (AvgIpc) is 2.26. The molecule has 4 nitrogen and oxygen atoms in total. The standard InChI is InChI=1S/C10H12ClN3O/c1-7(6-12)13-14-10(15)8-2-4-9(11)5-3-8/h2-5H,6,12H2,1H3,(H,14,15). The van der Waals surface area contributed by atoms with Crippen molar-refractivity contribution < 1.29 is 4.79 Å². The molecule has 0 aromatic heterocycles. The van der Waals surface area contributed by atoms with E-state index in [4.69, 9.17) is 17.3 Å². The van der Waals surface area contributed by atoms with E-state index >= 15 is 0 Å². The number of amides is 1. The van der Waals surface area contributed by atoms with Crippen LogP contribution in [0.4, 0.5) is 0 Å². The Bertz CT molecular complexity index is 373. The maximum atomic E-state index is 11.5. The molecule has 0 bridgehead atoms.